The molecule has 6 nitrogen and oxygen atoms in total. The zero-order valence-electron chi connectivity index (χ0n) is 12.1. The highest BCUT2D eigenvalue weighted by Crippen LogP contribution is 2.10. The minimum absolute atomic E-state index is 0.254. The average Bonchev–Trinajstić information content (AvgIpc) is 2.54. The van der Waals surface area contributed by atoms with Crippen molar-refractivity contribution in [3.05, 3.63) is 70.7 Å². The molecule has 1 aromatic carbocycles. The van der Waals surface area contributed by atoms with Gasteiger partial charge < -0.3 is 15.3 Å². The molecular formula is C17H15NO5. The predicted molar refractivity (Wildman–Crippen MR) is 83.3 cm³/mol. The van der Waals surface area contributed by atoms with Gasteiger partial charge in [-0.15, -0.1) is 0 Å². The summed E-state index contributed by atoms with van der Waals surface area (Å²) < 4.78 is 0. The minimum atomic E-state index is -1.40. The van der Waals surface area contributed by atoms with Crippen molar-refractivity contribution in [1.82, 2.24) is 4.98 Å². The number of carbonyl (C=O) groups is 2. The van der Waals surface area contributed by atoms with Crippen LogP contribution in [0.4, 0.5) is 0 Å². The maximum absolute atomic E-state index is 10.8. The van der Waals surface area contributed by atoms with Crippen molar-refractivity contribution in [2.45, 2.75) is 12.8 Å². The fourth-order valence-corrected chi connectivity index (χ4v) is 1.97. The summed E-state index contributed by atoms with van der Waals surface area (Å²) >= 11 is 0. The summed E-state index contributed by atoms with van der Waals surface area (Å²) in [7, 11) is 0. The Morgan fingerprint density at radius 2 is 1.52 bits per heavy atom. The van der Waals surface area contributed by atoms with Crippen LogP contribution in [0.2, 0.25) is 0 Å². The first-order valence-electron chi connectivity index (χ1n) is 6.87. The number of aliphatic carboxylic acids is 1. The topological polar surface area (TPSA) is 108 Å². The van der Waals surface area contributed by atoms with Gasteiger partial charge in [0, 0.05) is 12.3 Å². The van der Waals surface area contributed by atoms with E-state index in [2.05, 4.69) is 4.98 Å². The van der Waals surface area contributed by atoms with Gasteiger partial charge in [-0.05, 0) is 42.2 Å². The first kappa shape index (κ1) is 16.2. The number of rotatable bonds is 6. The number of hydrogen-bond donors (Lipinski definition) is 3. The van der Waals surface area contributed by atoms with E-state index in [-0.39, 0.29) is 5.56 Å². The van der Waals surface area contributed by atoms with Crippen LogP contribution in [0.25, 0.3) is 6.08 Å². The van der Waals surface area contributed by atoms with Gasteiger partial charge in [0.2, 0.25) is 5.76 Å². The number of benzene rings is 1. The SMILES string of the molecule is O=C(O)/C(O)=C/c1ccc(CCc2ccc(C(=O)O)cc2)cn1. The van der Waals surface area contributed by atoms with Crippen molar-refractivity contribution >= 4 is 18.0 Å². The van der Waals surface area contributed by atoms with Crippen LogP contribution < -0.4 is 0 Å². The van der Waals surface area contributed by atoms with Crippen LogP contribution >= 0.6 is 0 Å². The van der Waals surface area contributed by atoms with E-state index in [1.165, 1.54) is 0 Å². The summed E-state index contributed by atoms with van der Waals surface area (Å²) in [5.74, 6) is -3.11. The maximum Gasteiger partial charge on any atom is 0.371 e. The molecule has 0 aliphatic rings. The highest BCUT2D eigenvalue weighted by atomic mass is 16.4. The summed E-state index contributed by atoms with van der Waals surface area (Å²) in [5, 5.41) is 26.6. The molecule has 3 N–H and O–H groups in total. The molecule has 2 rings (SSSR count). The highest BCUT2D eigenvalue weighted by Gasteiger charge is 2.05. The van der Waals surface area contributed by atoms with Gasteiger partial charge in [-0.1, -0.05) is 18.2 Å². The number of aromatic carboxylic acids is 1. The van der Waals surface area contributed by atoms with E-state index in [0.717, 1.165) is 23.6 Å². The molecule has 0 unspecified atom stereocenters. The zero-order chi connectivity index (χ0) is 16.8. The molecule has 0 amide bonds. The Balaban J connectivity index is 1.97. The van der Waals surface area contributed by atoms with E-state index in [4.69, 9.17) is 15.3 Å². The standard InChI is InChI=1S/C17H15NO5/c19-15(17(22)23)9-14-8-5-12(10-18-14)2-1-11-3-6-13(7-4-11)16(20)21/h3-10,19H,1-2H2,(H,20,21)(H,22,23)/b15-9-. The fourth-order valence-electron chi connectivity index (χ4n) is 1.97. The number of hydrogen-bond acceptors (Lipinski definition) is 4. The lowest BCUT2D eigenvalue weighted by molar-refractivity contribution is -0.135. The number of pyridine rings is 1. The van der Waals surface area contributed by atoms with Crippen molar-refractivity contribution in [2.24, 2.45) is 0 Å². The van der Waals surface area contributed by atoms with Crippen molar-refractivity contribution in [1.29, 1.82) is 0 Å². The largest absolute Gasteiger partial charge is 0.502 e. The van der Waals surface area contributed by atoms with Crippen molar-refractivity contribution < 1.29 is 24.9 Å². The Hall–Kier alpha value is -3.15. The number of aromatic nitrogens is 1. The van der Waals surface area contributed by atoms with Gasteiger partial charge in [-0.2, -0.15) is 0 Å². The minimum Gasteiger partial charge on any atom is -0.502 e. The van der Waals surface area contributed by atoms with E-state index in [9.17, 15) is 9.59 Å². The molecule has 23 heavy (non-hydrogen) atoms. The van der Waals surface area contributed by atoms with Gasteiger partial charge in [-0.3, -0.25) is 4.98 Å². The lowest BCUT2D eigenvalue weighted by Gasteiger charge is -2.03. The quantitative estimate of drug-likeness (QED) is 0.559. The van der Waals surface area contributed by atoms with E-state index < -0.39 is 17.7 Å². The van der Waals surface area contributed by atoms with Crippen LogP contribution in [0.5, 0.6) is 0 Å². The van der Waals surface area contributed by atoms with Gasteiger partial charge >= 0.3 is 11.9 Å². The zero-order valence-corrected chi connectivity index (χ0v) is 12.1. The third kappa shape index (κ3) is 4.67. The van der Waals surface area contributed by atoms with Crippen LogP contribution in [0.3, 0.4) is 0 Å². The lowest BCUT2D eigenvalue weighted by atomic mass is 10.0. The molecule has 1 aromatic heterocycles. The number of aryl methyl sites for hydroxylation is 2. The van der Waals surface area contributed by atoms with Gasteiger partial charge in [0.25, 0.3) is 0 Å². The molecule has 0 bridgehead atoms. The summed E-state index contributed by atoms with van der Waals surface area (Å²) in [5.41, 5.74) is 2.59. The first-order valence-corrected chi connectivity index (χ1v) is 6.87. The highest BCUT2D eigenvalue weighted by molar-refractivity contribution is 5.89. The Morgan fingerprint density at radius 1 is 0.913 bits per heavy atom. The van der Waals surface area contributed by atoms with Crippen LogP contribution in [-0.4, -0.2) is 32.2 Å². The van der Waals surface area contributed by atoms with E-state index >= 15 is 0 Å². The van der Waals surface area contributed by atoms with E-state index in [0.29, 0.717) is 12.1 Å². The Kier molecular flexibility index (Phi) is 5.09. The van der Waals surface area contributed by atoms with Gasteiger partial charge in [0.15, 0.2) is 0 Å². The predicted octanol–water partition coefficient (Wildman–Crippen LogP) is 2.55. The van der Waals surface area contributed by atoms with Crippen LogP contribution in [0.1, 0.15) is 27.2 Å². The number of carboxylic acid groups (broad SMARTS) is 2. The first-order chi connectivity index (χ1) is 11.0. The summed E-state index contributed by atoms with van der Waals surface area (Å²) in [6.07, 6.45) is 4.15. The Labute approximate surface area is 132 Å². The van der Waals surface area contributed by atoms with E-state index in [1.807, 2.05) is 0 Å². The molecular weight excluding hydrogens is 298 g/mol. The molecule has 1 heterocycles. The summed E-state index contributed by atoms with van der Waals surface area (Å²) in [6, 6.07) is 10.1. The third-order valence-electron chi connectivity index (χ3n) is 3.25. The lowest BCUT2D eigenvalue weighted by Crippen LogP contribution is -1.99. The molecule has 0 saturated heterocycles. The van der Waals surface area contributed by atoms with Gasteiger partial charge in [-0.25, -0.2) is 9.59 Å². The maximum atomic E-state index is 10.8. The average molecular weight is 313 g/mol. The summed E-state index contributed by atoms with van der Waals surface area (Å²) in [6.45, 7) is 0. The molecule has 0 spiro atoms. The number of aliphatic hydroxyl groups is 1. The number of nitrogens with zero attached hydrogens (tertiary/aromatic N) is 1. The van der Waals surface area contributed by atoms with Crippen LogP contribution in [0, 0.1) is 0 Å². The molecule has 0 saturated carbocycles. The fraction of sp³-hybridized carbons (Fsp3) is 0.118. The Bertz CT molecular complexity index is 733. The smallest absolute Gasteiger partial charge is 0.371 e. The normalized spacial score (nSPS) is 11.2. The van der Waals surface area contributed by atoms with Gasteiger partial charge in [0.1, 0.15) is 0 Å². The molecule has 118 valence electrons. The molecule has 0 fully saturated rings. The monoisotopic (exact) mass is 313 g/mol. The van der Waals surface area contributed by atoms with Crippen LogP contribution in [-0.2, 0) is 17.6 Å². The molecule has 6 heteroatoms. The van der Waals surface area contributed by atoms with Crippen molar-refractivity contribution in [3.63, 3.8) is 0 Å². The van der Waals surface area contributed by atoms with Crippen molar-refractivity contribution in [3.8, 4) is 0 Å². The number of carboxylic acids is 2. The molecule has 0 radical (unpaired) electrons. The van der Waals surface area contributed by atoms with E-state index in [1.54, 1.807) is 42.6 Å². The number of aliphatic hydroxyl groups excluding tert-OH is 1. The third-order valence-corrected chi connectivity index (χ3v) is 3.25. The molecule has 2 aromatic rings. The summed E-state index contributed by atoms with van der Waals surface area (Å²) in [4.78, 5) is 25.4. The second kappa shape index (κ2) is 7.22. The Morgan fingerprint density at radius 3 is 2.04 bits per heavy atom. The molecule has 0 aliphatic heterocycles. The molecule has 0 atom stereocenters. The van der Waals surface area contributed by atoms with Crippen molar-refractivity contribution in [2.75, 3.05) is 0 Å². The second-order valence-electron chi connectivity index (χ2n) is 4.93. The van der Waals surface area contributed by atoms with Crippen LogP contribution in [0.15, 0.2) is 48.4 Å². The molecule has 0 aliphatic carbocycles. The van der Waals surface area contributed by atoms with Gasteiger partial charge in [0.05, 0.1) is 11.3 Å². The second-order valence-corrected chi connectivity index (χ2v) is 4.93.